The summed E-state index contributed by atoms with van der Waals surface area (Å²) in [6.07, 6.45) is 0. The number of benzene rings is 1. The number of hydrogen-bond donors (Lipinski definition) is 1. The fraction of sp³-hybridized carbons (Fsp3) is 0.154. The number of rotatable bonds is 5. The van der Waals surface area contributed by atoms with Crippen molar-refractivity contribution in [1.29, 1.82) is 0 Å². The third kappa shape index (κ3) is 4.12. The molecule has 1 aromatic heterocycles. The van der Waals surface area contributed by atoms with E-state index in [1.807, 2.05) is 12.1 Å². The van der Waals surface area contributed by atoms with Gasteiger partial charge < -0.3 is 10.0 Å². The van der Waals surface area contributed by atoms with Gasteiger partial charge in [-0.2, -0.15) is 0 Å². The Bertz CT molecular complexity index is 613. The lowest BCUT2D eigenvalue weighted by atomic mass is 10.2. The summed E-state index contributed by atoms with van der Waals surface area (Å²) in [5.41, 5.74) is 0.764. The number of halogens is 3. The summed E-state index contributed by atoms with van der Waals surface area (Å²) in [7, 11) is 0. The molecule has 7 heteroatoms. The van der Waals surface area contributed by atoms with Crippen LogP contribution < -0.4 is 4.90 Å². The Labute approximate surface area is 138 Å². The Hall–Kier alpha value is -0.750. The van der Waals surface area contributed by atoms with Crippen LogP contribution in [0.25, 0.3) is 0 Å². The van der Waals surface area contributed by atoms with E-state index in [0.717, 1.165) is 15.0 Å². The first kappa shape index (κ1) is 15.6. The van der Waals surface area contributed by atoms with Gasteiger partial charge in [0.15, 0.2) is 0 Å². The molecule has 0 amide bonds. The Balaban J connectivity index is 2.25. The number of anilines is 1. The molecule has 3 nitrogen and oxygen atoms in total. The van der Waals surface area contributed by atoms with Crippen molar-refractivity contribution in [2.45, 2.75) is 6.54 Å². The molecule has 0 saturated heterocycles. The van der Waals surface area contributed by atoms with Gasteiger partial charge >= 0.3 is 5.97 Å². The highest BCUT2D eigenvalue weighted by molar-refractivity contribution is 9.10. The molecule has 0 aliphatic rings. The third-order valence-corrected chi connectivity index (χ3v) is 5.24. The van der Waals surface area contributed by atoms with Gasteiger partial charge in [0.2, 0.25) is 0 Å². The highest BCUT2D eigenvalue weighted by Gasteiger charge is 2.14. The maximum Gasteiger partial charge on any atom is 0.323 e. The summed E-state index contributed by atoms with van der Waals surface area (Å²) < 4.78 is 1.47. The predicted octanol–water partition coefficient (Wildman–Crippen LogP) is 4.91. The number of nitrogens with zero attached hydrogens (tertiary/aromatic N) is 1. The SMILES string of the molecule is O=C(O)CN(Cc1cc(Br)c(Cl)s1)c1cccc(Cl)c1. The molecule has 1 heterocycles. The van der Waals surface area contributed by atoms with Gasteiger partial charge in [-0.15, -0.1) is 11.3 Å². The normalized spacial score (nSPS) is 10.6. The molecule has 1 aromatic carbocycles. The molecule has 0 aliphatic heterocycles. The molecule has 0 radical (unpaired) electrons. The van der Waals surface area contributed by atoms with Crippen molar-refractivity contribution < 1.29 is 9.90 Å². The lowest BCUT2D eigenvalue weighted by molar-refractivity contribution is -0.135. The molecule has 0 aliphatic carbocycles. The summed E-state index contributed by atoms with van der Waals surface area (Å²) in [4.78, 5) is 13.7. The van der Waals surface area contributed by atoms with Gasteiger partial charge in [0, 0.05) is 20.1 Å². The van der Waals surface area contributed by atoms with Crippen molar-refractivity contribution in [3.8, 4) is 0 Å². The molecular weight excluding hydrogens is 385 g/mol. The zero-order chi connectivity index (χ0) is 14.7. The largest absolute Gasteiger partial charge is 0.480 e. The Morgan fingerprint density at radius 1 is 1.35 bits per heavy atom. The molecule has 106 valence electrons. The minimum atomic E-state index is -0.897. The maximum atomic E-state index is 11.0. The van der Waals surface area contributed by atoms with Crippen LogP contribution in [0.3, 0.4) is 0 Å². The zero-order valence-electron chi connectivity index (χ0n) is 10.1. The fourth-order valence-corrected chi connectivity index (χ4v) is 3.72. The van der Waals surface area contributed by atoms with Crippen LogP contribution in [0.1, 0.15) is 4.88 Å². The number of carboxylic acid groups (broad SMARTS) is 1. The van der Waals surface area contributed by atoms with Crippen LogP contribution in [0.4, 0.5) is 5.69 Å². The molecular formula is C13H10BrCl2NO2S. The van der Waals surface area contributed by atoms with Crippen LogP contribution in [0.5, 0.6) is 0 Å². The van der Waals surface area contributed by atoms with Crippen molar-refractivity contribution >= 4 is 62.1 Å². The number of carbonyl (C=O) groups is 1. The summed E-state index contributed by atoms with van der Waals surface area (Å²) >= 11 is 16.7. The molecule has 2 aromatic rings. The van der Waals surface area contributed by atoms with E-state index in [9.17, 15) is 4.79 Å². The minimum absolute atomic E-state index is 0.104. The molecule has 0 bridgehead atoms. The Morgan fingerprint density at radius 3 is 2.65 bits per heavy atom. The highest BCUT2D eigenvalue weighted by atomic mass is 79.9. The van der Waals surface area contributed by atoms with E-state index in [0.29, 0.717) is 15.9 Å². The van der Waals surface area contributed by atoms with Crippen LogP contribution >= 0.6 is 50.5 Å². The first-order valence-electron chi connectivity index (χ1n) is 5.61. The first-order valence-corrected chi connectivity index (χ1v) is 7.98. The van der Waals surface area contributed by atoms with E-state index in [1.54, 1.807) is 23.1 Å². The van der Waals surface area contributed by atoms with Crippen molar-refractivity contribution in [3.05, 3.63) is 49.0 Å². The van der Waals surface area contributed by atoms with Crippen LogP contribution in [0, 0.1) is 0 Å². The van der Waals surface area contributed by atoms with E-state index >= 15 is 0 Å². The van der Waals surface area contributed by atoms with Gasteiger partial charge in [-0.3, -0.25) is 4.79 Å². The van der Waals surface area contributed by atoms with E-state index in [-0.39, 0.29) is 6.54 Å². The molecule has 2 rings (SSSR count). The first-order chi connectivity index (χ1) is 9.45. The monoisotopic (exact) mass is 393 g/mol. The molecule has 20 heavy (non-hydrogen) atoms. The average molecular weight is 395 g/mol. The van der Waals surface area contributed by atoms with E-state index < -0.39 is 5.97 Å². The van der Waals surface area contributed by atoms with Crippen LogP contribution in [-0.4, -0.2) is 17.6 Å². The van der Waals surface area contributed by atoms with E-state index in [4.69, 9.17) is 28.3 Å². The van der Waals surface area contributed by atoms with Gasteiger partial charge in [0.25, 0.3) is 0 Å². The molecule has 0 spiro atoms. The van der Waals surface area contributed by atoms with Crippen LogP contribution in [0.15, 0.2) is 34.8 Å². The van der Waals surface area contributed by atoms with Gasteiger partial charge in [0.1, 0.15) is 10.9 Å². The molecule has 0 atom stereocenters. The summed E-state index contributed by atoms with van der Waals surface area (Å²) in [6, 6.07) is 9.02. The second-order valence-corrected chi connectivity index (χ2v) is 7.09. The second-order valence-electron chi connectivity index (χ2n) is 4.06. The maximum absolute atomic E-state index is 11.0. The Morgan fingerprint density at radius 2 is 2.10 bits per heavy atom. The molecule has 1 N–H and O–H groups in total. The summed E-state index contributed by atoms with van der Waals surface area (Å²) in [5.74, 6) is -0.897. The van der Waals surface area contributed by atoms with Crippen molar-refractivity contribution in [2.24, 2.45) is 0 Å². The minimum Gasteiger partial charge on any atom is -0.480 e. The van der Waals surface area contributed by atoms with Crippen LogP contribution in [0.2, 0.25) is 9.36 Å². The Kier molecular flexibility index (Phi) is 5.32. The lowest BCUT2D eigenvalue weighted by Gasteiger charge is -2.22. The fourth-order valence-electron chi connectivity index (χ4n) is 1.73. The number of hydrogen-bond acceptors (Lipinski definition) is 3. The van der Waals surface area contributed by atoms with Crippen LogP contribution in [-0.2, 0) is 11.3 Å². The number of aliphatic carboxylic acids is 1. The van der Waals surface area contributed by atoms with E-state index in [1.165, 1.54) is 11.3 Å². The second kappa shape index (κ2) is 6.80. The molecule has 0 unspecified atom stereocenters. The van der Waals surface area contributed by atoms with Gasteiger partial charge in [-0.25, -0.2) is 0 Å². The topological polar surface area (TPSA) is 40.5 Å². The van der Waals surface area contributed by atoms with Gasteiger partial charge in [-0.05, 0) is 40.2 Å². The third-order valence-electron chi connectivity index (χ3n) is 2.54. The smallest absolute Gasteiger partial charge is 0.323 e. The average Bonchev–Trinajstić information content (AvgIpc) is 2.67. The summed E-state index contributed by atoms with van der Waals surface area (Å²) in [6.45, 7) is 0.357. The van der Waals surface area contributed by atoms with Crippen molar-refractivity contribution in [3.63, 3.8) is 0 Å². The van der Waals surface area contributed by atoms with E-state index in [2.05, 4.69) is 15.9 Å². The standard InChI is InChI=1S/C13H10BrCl2NO2S/c14-11-5-10(20-13(11)16)6-17(7-12(18)19)9-3-1-2-8(15)4-9/h1-5H,6-7H2,(H,18,19). The predicted molar refractivity (Wildman–Crippen MR) is 87.2 cm³/mol. The van der Waals surface area contributed by atoms with Gasteiger partial charge in [-0.1, -0.05) is 29.3 Å². The van der Waals surface area contributed by atoms with Crippen molar-refractivity contribution in [1.82, 2.24) is 0 Å². The summed E-state index contributed by atoms with van der Waals surface area (Å²) in [5, 5.41) is 9.62. The highest BCUT2D eigenvalue weighted by Crippen LogP contribution is 2.33. The number of carboxylic acids is 1. The number of thiophene rings is 1. The van der Waals surface area contributed by atoms with Gasteiger partial charge in [0.05, 0.1) is 6.54 Å². The van der Waals surface area contributed by atoms with Crippen molar-refractivity contribution in [2.75, 3.05) is 11.4 Å². The zero-order valence-corrected chi connectivity index (χ0v) is 14.1. The molecule has 0 saturated carbocycles. The quantitative estimate of drug-likeness (QED) is 0.783. The molecule has 0 fully saturated rings. The lowest BCUT2D eigenvalue weighted by Crippen LogP contribution is -2.28.